The highest BCUT2D eigenvalue weighted by atomic mass is 16.2. The second-order valence-corrected chi connectivity index (χ2v) is 9.57. The van der Waals surface area contributed by atoms with Gasteiger partial charge in [-0.25, -0.2) is 4.98 Å². The largest absolute Gasteiger partial charge is 0.338 e. The number of carbonyl (C=O) groups excluding carboxylic acids is 1. The molecule has 168 valence electrons. The predicted octanol–water partition coefficient (Wildman–Crippen LogP) is 2.61. The molecular formula is C24H31N7O. The first-order chi connectivity index (χ1) is 15.4. The number of rotatable bonds is 6. The summed E-state index contributed by atoms with van der Waals surface area (Å²) in [4.78, 5) is 27.2. The van der Waals surface area contributed by atoms with Crippen LogP contribution in [0, 0.1) is 5.41 Å². The highest BCUT2D eigenvalue weighted by Gasteiger charge is 2.57. The molecule has 0 radical (unpaired) electrons. The molecule has 0 N–H and O–H groups in total. The predicted molar refractivity (Wildman–Crippen MR) is 121 cm³/mol. The van der Waals surface area contributed by atoms with E-state index in [0.29, 0.717) is 12.6 Å². The average Bonchev–Trinajstić information content (AvgIpc) is 3.54. The van der Waals surface area contributed by atoms with Crippen molar-refractivity contribution in [2.75, 3.05) is 19.6 Å². The molecule has 1 amide bonds. The molecule has 0 bridgehead atoms. The smallest absolute Gasteiger partial charge is 0.231 e. The van der Waals surface area contributed by atoms with Gasteiger partial charge in [0.05, 0.1) is 23.6 Å². The first kappa shape index (κ1) is 20.9. The summed E-state index contributed by atoms with van der Waals surface area (Å²) in [6.45, 7) is 8.12. The third-order valence-electron chi connectivity index (χ3n) is 7.02. The zero-order chi connectivity index (χ0) is 22.3. The molecule has 1 spiro atoms. The summed E-state index contributed by atoms with van der Waals surface area (Å²) in [5.74, 6) is 0.348. The van der Waals surface area contributed by atoms with Gasteiger partial charge in [-0.3, -0.25) is 19.4 Å². The Kier molecular flexibility index (Phi) is 5.33. The number of imidazole rings is 1. The highest BCUT2D eigenvalue weighted by Crippen LogP contribution is 2.50. The summed E-state index contributed by atoms with van der Waals surface area (Å²) >= 11 is 0. The average molecular weight is 434 g/mol. The molecule has 0 saturated carbocycles. The fourth-order valence-electron chi connectivity index (χ4n) is 5.32. The molecule has 2 atom stereocenters. The van der Waals surface area contributed by atoms with Crippen molar-refractivity contribution in [3.63, 3.8) is 0 Å². The Morgan fingerprint density at radius 2 is 1.97 bits per heavy atom. The molecule has 2 aliphatic heterocycles. The van der Waals surface area contributed by atoms with Crippen LogP contribution >= 0.6 is 0 Å². The summed E-state index contributed by atoms with van der Waals surface area (Å²) in [5, 5.41) is 4.32. The van der Waals surface area contributed by atoms with Crippen molar-refractivity contribution < 1.29 is 4.79 Å². The van der Waals surface area contributed by atoms with Crippen LogP contribution in [0.2, 0.25) is 0 Å². The Balaban J connectivity index is 1.43. The van der Waals surface area contributed by atoms with Crippen LogP contribution in [-0.2, 0) is 24.9 Å². The molecule has 3 aromatic rings. The quantitative estimate of drug-likeness (QED) is 0.598. The van der Waals surface area contributed by atoms with E-state index in [-0.39, 0.29) is 11.8 Å². The van der Waals surface area contributed by atoms with Gasteiger partial charge < -0.3 is 9.47 Å². The maximum absolute atomic E-state index is 13.9. The van der Waals surface area contributed by atoms with Crippen LogP contribution in [0.4, 0.5) is 0 Å². The molecule has 0 aromatic carbocycles. The summed E-state index contributed by atoms with van der Waals surface area (Å²) in [6.07, 6.45) is 12.5. The number of hydrogen-bond donors (Lipinski definition) is 0. The van der Waals surface area contributed by atoms with Gasteiger partial charge >= 0.3 is 0 Å². The maximum atomic E-state index is 13.9. The van der Waals surface area contributed by atoms with Gasteiger partial charge in [-0.15, -0.1) is 0 Å². The molecule has 3 aromatic heterocycles. The fourth-order valence-corrected chi connectivity index (χ4v) is 5.32. The maximum Gasteiger partial charge on any atom is 0.231 e. The van der Waals surface area contributed by atoms with Crippen LogP contribution in [0.3, 0.4) is 0 Å². The second kappa shape index (κ2) is 8.16. The monoisotopic (exact) mass is 433 g/mol. The van der Waals surface area contributed by atoms with Gasteiger partial charge in [0.2, 0.25) is 5.91 Å². The summed E-state index contributed by atoms with van der Waals surface area (Å²) in [7, 11) is 1.94. The summed E-state index contributed by atoms with van der Waals surface area (Å²) in [5.41, 5.74) is 2.91. The Hall–Kier alpha value is -3.00. The van der Waals surface area contributed by atoms with E-state index in [1.807, 2.05) is 41.3 Å². The normalized spacial score (nSPS) is 23.8. The van der Waals surface area contributed by atoms with Crippen LogP contribution in [-0.4, -0.2) is 59.7 Å². The number of pyridine rings is 1. The van der Waals surface area contributed by atoms with Crippen LogP contribution in [0.15, 0.2) is 49.4 Å². The Bertz CT molecular complexity index is 1090. The van der Waals surface area contributed by atoms with Crippen molar-refractivity contribution in [1.29, 1.82) is 0 Å². The van der Waals surface area contributed by atoms with Crippen molar-refractivity contribution >= 4 is 5.91 Å². The van der Waals surface area contributed by atoms with Gasteiger partial charge in [0.15, 0.2) is 0 Å². The molecule has 0 aliphatic carbocycles. The molecular weight excluding hydrogens is 402 g/mol. The molecule has 8 nitrogen and oxygen atoms in total. The van der Waals surface area contributed by atoms with Crippen molar-refractivity contribution in [1.82, 2.24) is 34.1 Å². The van der Waals surface area contributed by atoms with E-state index >= 15 is 0 Å². The zero-order valence-electron chi connectivity index (χ0n) is 19.1. The topological polar surface area (TPSA) is 72.1 Å². The third-order valence-corrected chi connectivity index (χ3v) is 7.02. The first-order valence-electron chi connectivity index (χ1n) is 11.4. The van der Waals surface area contributed by atoms with Crippen LogP contribution < -0.4 is 0 Å². The van der Waals surface area contributed by atoms with Crippen molar-refractivity contribution in [2.45, 2.75) is 45.3 Å². The molecule has 5 rings (SSSR count). The Morgan fingerprint density at radius 3 is 2.66 bits per heavy atom. The summed E-state index contributed by atoms with van der Waals surface area (Å²) < 4.78 is 3.97. The lowest BCUT2D eigenvalue weighted by Gasteiger charge is -2.28. The SMILES string of the molecule is CC(C)n1cnc([C@@H]2CN(Cc3cnn(C)c3)C[C@@]23CCN(Cc2ccncc2)C3=O)c1. The lowest BCUT2D eigenvalue weighted by Crippen LogP contribution is -2.39. The van der Waals surface area contributed by atoms with Crippen LogP contribution in [0.25, 0.3) is 0 Å². The zero-order valence-corrected chi connectivity index (χ0v) is 19.1. The van der Waals surface area contributed by atoms with Gasteiger partial charge in [-0.05, 0) is 38.0 Å². The number of aromatic nitrogens is 5. The number of amides is 1. The van der Waals surface area contributed by atoms with Crippen molar-refractivity contribution in [3.05, 3.63) is 66.3 Å². The minimum Gasteiger partial charge on any atom is -0.338 e. The van der Waals surface area contributed by atoms with E-state index < -0.39 is 5.41 Å². The van der Waals surface area contributed by atoms with Crippen molar-refractivity contribution in [3.8, 4) is 0 Å². The number of hydrogen-bond acceptors (Lipinski definition) is 5. The first-order valence-corrected chi connectivity index (χ1v) is 11.4. The minimum atomic E-state index is -0.425. The van der Waals surface area contributed by atoms with E-state index in [9.17, 15) is 4.79 Å². The van der Waals surface area contributed by atoms with E-state index in [0.717, 1.165) is 43.9 Å². The Morgan fingerprint density at radius 1 is 1.16 bits per heavy atom. The molecule has 32 heavy (non-hydrogen) atoms. The lowest BCUT2D eigenvalue weighted by atomic mass is 9.75. The van der Waals surface area contributed by atoms with E-state index in [1.165, 1.54) is 5.56 Å². The molecule has 2 fully saturated rings. The van der Waals surface area contributed by atoms with Gasteiger partial charge in [0.1, 0.15) is 0 Å². The number of nitrogens with zero attached hydrogens (tertiary/aromatic N) is 7. The number of likely N-dealkylation sites (tertiary alicyclic amines) is 2. The highest BCUT2D eigenvalue weighted by molar-refractivity contribution is 5.86. The van der Waals surface area contributed by atoms with Gasteiger partial charge in [-0.1, -0.05) is 0 Å². The van der Waals surface area contributed by atoms with E-state index in [1.54, 1.807) is 12.4 Å². The van der Waals surface area contributed by atoms with Crippen molar-refractivity contribution in [2.24, 2.45) is 12.5 Å². The third kappa shape index (κ3) is 3.72. The fraction of sp³-hybridized carbons (Fsp3) is 0.500. The summed E-state index contributed by atoms with van der Waals surface area (Å²) in [6, 6.07) is 4.33. The molecule has 8 heteroatoms. The van der Waals surface area contributed by atoms with Gasteiger partial charge in [0.25, 0.3) is 0 Å². The van der Waals surface area contributed by atoms with E-state index in [2.05, 4.69) is 45.8 Å². The minimum absolute atomic E-state index is 0.0918. The van der Waals surface area contributed by atoms with Crippen LogP contribution in [0.1, 0.15) is 49.0 Å². The molecule has 2 aliphatic rings. The lowest BCUT2D eigenvalue weighted by molar-refractivity contribution is -0.136. The molecule has 0 unspecified atom stereocenters. The number of carbonyl (C=O) groups is 1. The standard InChI is InChI=1S/C24H31N7O/c1-18(2)31-15-22(26-17-31)21-14-29(12-20-10-27-28(3)11-20)16-24(21)6-9-30(23(24)32)13-19-4-7-25-8-5-19/h4-5,7-8,10-11,15,17-18,21H,6,9,12-14,16H2,1-3H3/t21-,24-/m0/s1. The van der Waals surface area contributed by atoms with E-state index in [4.69, 9.17) is 4.98 Å². The second-order valence-electron chi connectivity index (χ2n) is 9.57. The molecule has 5 heterocycles. The van der Waals surface area contributed by atoms with Crippen LogP contribution in [0.5, 0.6) is 0 Å². The van der Waals surface area contributed by atoms with Gasteiger partial charge in [0, 0.05) is 82.1 Å². The molecule has 2 saturated heterocycles. The van der Waals surface area contributed by atoms with Gasteiger partial charge in [-0.2, -0.15) is 5.10 Å². The number of aryl methyl sites for hydroxylation is 1. The Labute approximate surface area is 188 Å².